The fraction of sp³-hybridized carbons (Fsp3) is 0.500. The second-order valence-electron chi connectivity index (χ2n) is 9.52. The molecule has 35 heavy (non-hydrogen) atoms. The van der Waals surface area contributed by atoms with Gasteiger partial charge in [-0.2, -0.15) is 0 Å². The lowest BCUT2D eigenvalue weighted by Crippen LogP contribution is -2.32. The molecule has 0 spiro atoms. The molecule has 2 N–H and O–H groups in total. The van der Waals surface area contributed by atoms with Crippen LogP contribution in [0.5, 0.6) is 5.75 Å². The normalized spacial score (nSPS) is 17.7. The van der Waals surface area contributed by atoms with Crippen molar-refractivity contribution in [2.24, 2.45) is 5.92 Å². The highest BCUT2D eigenvalue weighted by Crippen LogP contribution is 2.37. The van der Waals surface area contributed by atoms with E-state index in [0.29, 0.717) is 17.9 Å². The summed E-state index contributed by atoms with van der Waals surface area (Å²) >= 11 is 0. The zero-order valence-electron chi connectivity index (χ0n) is 21.3. The van der Waals surface area contributed by atoms with Gasteiger partial charge in [-0.05, 0) is 70.5 Å². The number of para-hydroxylation sites is 1. The Hall–Kier alpha value is -3.33. The van der Waals surface area contributed by atoms with Crippen LogP contribution in [0.3, 0.4) is 0 Å². The molecule has 0 bridgehead atoms. The summed E-state index contributed by atoms with van der Waals surface area (Å²) in [6.45, 7) is 3.44. The topological polar surface area (TPSA) is 100.0 Å². The van der Waals surface area contributed by atoms with Gasteiger partial charge in [-0.25, -0.2) is 0 Å². The van der Waals surface area contributed by atoms with Crippen molar-refractivity contribution >= 4 is 28.7 Å². The number of nitro benzene ring substituents is 1. The van der Waals surface area contributed by atoms with Gasteiger partial charge in [-0.3, -0.25) is 14.9 Å². The summed E-state index contributed by atoms with van der Waals surface area (Å²) in [5.41, 5.74) is 2.97. The van der Waals surface area contributed by atoms with Crippen LogP contribution in [0.15, 0.2) is 36.4 Å². The molecule has 0 aromatic heterocycles. The Balaban J connectivity index is 1.62. The molecule has 9 nitrogen and oxygen atoms in total. The van der Waals surface area contributed by atoms with E-state index in [4.69, 9.17) is 4.74 Å². The number of rotatable bonds is 10. The standard InChI is InChI=1S/C26H37N5O4/c1-18-9-12-21(17-24(18)35-5)28-26(32)19-10-13-20(14-11-19)27-22-7-6-8-23(25(22)31(33)34)30(4)16-15-29(2)3/h6-9,12,17,19-20,27H,10-11,13-16H2,1-5H3,(H,28,32). The number of carbonyl (C=O) groups is 1. The van der Waals surface area contributed by atoms with Gasteiger partial charge in [0.1, 0.15) is 17.1 Å². The fourth-order valence-corrected chi connectivity index (χ4v) is 4.48. The Bertz CT molecular complexity index is 1030. The number of benzene rings is 2. The molecule has 3 rings (SSSR count). The second-order valence-corrected chi connectivity index (χ2v) is 9.52. The maximum atomic E-state index is 12.8. The Kier molecular flexibility index (Phi) is 8.92. The maximum absolute atomic E-state index is 12.8. The highest BCUT2D eigenvalue weighted by molar-refractivity contribution is 5.92. The molecule has 1 saturated carbocycles. The number of methoxy groups -OCH3 is 1. The molecule has 190 valence electrons. The number of nitro groups is 1. The van der Waals surface area contributed by atoms with E-state index in [1.165, 1.54) is 0 Å². The lowest BCUT2D eigenvalue weighted by molar-refractivity contribution is -0.383. The van der Waals surface area contributed by atoms with Gasteiger partial charge in [0.2, 0.25) is 5.91 Å². The molecule has 0 aliphatic heterocycles. The Morgan fingerprint density at radius 2 is 1.83 bits per heavy atom. The van der Waals surface area contributed by atoms with Gasteiger partial charge in [0.05, 0.1) is 12.0 Å². The lowest BCUT2D eigenvalue weighted by atomic mass is 9.85. The molecular weight excluding hydrogens is 446 g/mol. The predicted molar refractivity (Wildman–Crippen MR) is 141 cm³/mol. The van der Waals surface area contributed by atoms with E-state index in [0.717, 1.165) is 49.2 Å². The van der Waals surface area contributed by atoms with E-state index in [-0.39, 0.29) is 28.5 Å². The van der Waals surface area contributed by atoms with Crippen LogP contribution in [0.2, 0.25) is 0 Å². The zero-order chi connectivity index (χ0) is 25.5. The van der Waals surface area contributed by atoms with Crippen LogP contribution in [0, 0.1) is 23.0 Å². The minimum absolute atomic E-state index is 0.00449. The second kappa shape index (κ2) is 11.9. The largest absolute Gasteiger partial charge is 0.496 e. The van der Waals surface area contributed by atoms with Crippen LogP contribution in [0.4, 0.5) is 22.7 Å². The number of hydrogen-bond acceptors (Lipinski definition) is 7. The van der Waals surface area contributed by atoms with Crippen molar-refractivity contribution in [3.05, 3.63) is 52.1 Å². The molecule has 0 saturated heterocycles. The lowest BCUT2D eigenvalue weighted by Gasteiger charge is -2.29. The Morgan fingerprint density at radius 3 is 2.46 bits per heavy atom. The van der Waals surface area contributed by atoms with E-state index in [1.807, 2.05) is 62.1 Å². The summed E-state index contributed by atoms with van der Waals surface area (Å²) in [7, 11) is 7.45. The van der Waals surface area contributed by atoms with Crippen molar-refractivity contribution in [2.75, 3.05) is 56.9 Å². The molecule has 1 fully saturated rings. The van der Waals surface area contributed by atoms with Crippen LogP contribution in [0.1, 0.15) is 31.2 Å². The number of amides is 1. The van der Waals surface area contributed by atoms with Gasteiger partial charge in [-0.1, -0.05) is 12.1 Å². The van der Waals surface area contributed by atoms with Crippen LogP contribution in [-0.2, 0) is 4.79 Å². The summed E-state index contributed by atoms with van der Waals surface area (Å²) in [6.07, 6.45) is 2.99. The first-order valence-corrected chi connectivity index (χ1v) is 12.0. The van der Waals surface area contributed by atoms with E-state index in [9.17, 15) is 14.9 Å². The number of ether oxygens (including phenoxy) is 1. The quantitative estimate of drug-likeness (QED) is 0.379. The maximum Gasteiger partial charge on any atom is 0.315 e. The smallest absolute Gasteiger partial charge is 0.315 e. The molecule has 0 atom stereocenters. The van der Waals surface area contributed by atoms with Gasteiger partial charge in [0, 0.05) is 43.9 Å². The van der Waals surface area contributed by atoms with Gasteiger partial charge in [0.15, 0.2) is 0 Å². The summed E-state index contributed by atoms with van der Waals surface area (Å²) < 4.78 is 5.34. The van der Waals surface area contributed by atoms with Gasteiger partial charge in [0.25, 0.3) is 0 Å². The first kappa shape index (κ1) is 26.3. The first-order valence-electron chi connectivity index (χ1n) is 12.0. The van der Waals surface area contributed by atoms with Crippen molar-refractivity contribution in [3.63, 3.8) is 0 Å². The predicted octanol–water partition coefficient (Wildman–Crippen LogP) is 4.52. The summed E-state index contributed by atoms with van der Waals surface area (Å²) in [5, 5.41) is 18.4. The minimum atomic E-state index is -0.307. The van der Waals surface area contributed by atoms with Crippen molar-refractivity contribution in [3.8, 4) is 5.75 Å². The third-order valence-electron chi connectivity index (χ3n) is 6.62. The zero-order valence-corrected chi connectivity index (χ0v) is 21.3. The molecule has 2 aromatic rings. The molecule has 1 aliphatic carbocycles. The number of hydrogen-bond donors (Lipinski definition) is 2. The number of aryl methyl sites for hydroxylation is 1. The molecule has 0 unspecified atom stereocenters. The number of carbonyl (C=O) groups excluding carboxylic acids is 1. The van der Waals surface area contributed by atoms with E-state index >= 15 is 0 Å². The van der Waals surface area contributed by atoms with Crippen LogP contribution < -0.4 is 20.3 Å². The summed E-state index contributed by atoms with van der Waals surface area (Å²) in [5.74, 6) is 0.663. The van der Waals surface area contributed by atoms with E-state index in [1.54, 1.807) is 19.2 Å². The average Bonchev–Trinajstić information content (AvgIpc) is 2.83. The highest BCUT2D eigenvalue weighted by Gasteiger charge is 2.29. The number of anilines is 3. The van der Waals surface area contributed by atoms with Crippen molar-refractivity contribution in [2.45, 2.75) is 38.6 Å². The SMILES string of the molecule is COc1cc(NC(=O)C2CCC(Nc3cccc(N(C)CCN(C)C)c3[N+](=O)[O-])CC2)ccc1C. The van der Waals surface area contributed by atoms with Crippen LogP contribution >= 0.6 is 0 Å². The van der Waals surface area contributed by atoms with Gasteiger partial charge < -0.3 is 25.2 Å². The fourth-order valence-electron chi connectivity index (χ4n) is 4.48. The van der Waals surface area contributed by atoms with Crippen molar-refractivity contribution in [1.82, 2.24) is 4.90 Å². The third-order valence-corrected chi connectivity index (χ3v) is 6.62. The Morgan fingerprint density at radius 1 is 1.11 bits per heavy atom. The van der Waals surface area contributed by atoms with Crippen molar-refractivity contribution in [1.29, 1.82) is 0 Å². The van der Waals surface area contributed by atoms with Crippen LogP contribution in [0.25, 0.3) is 0 Å². The monoisotopic (exact) mass is 483 g/mol. The molecule has 0 radical (unpaired) electrons. The van der Waals surface area contributed by atoms with Gasteiger partial charge in [-0.15, -0.1) is 0 Å². The Labute approximate surface area is 207 Å². The number of likely N-dealkylation sites (N-methyl/N-ethyl adjacent to an activating group) is 2. The van der Waals surface area contributed by atoms with Gasteiger partial charge >= 0.3 is 5.69 Å². The molecule has 1 aliphatic rings. The third kappa shape index (κ3) is 6.85. The molecule has 9 heteroatoms. The molecular formula is C26H37N5O4. The van der Waals surface area contributed by atoms with Crippen LogP contribution in [-0.4, -0.2) is 63.1 Å². The minimum Gasteiger partial charge on any atom is -0.496 e. The molecule has 0 heterocycles. The number of nitrogens with one attached hydrogen (secondary N) is 2. The molecule has 2 aromatic carbocycles. The van der Waals surface area contributed by atoms with E-state index in [2.05, 4.69) is 10.6 Å². The highest BCUT2D eigenvalue weighted by atomic mass is 16.6. The average molecular weight is 484 g/mol. The van der Waals surface area contributed by atoms with Crippen molar-refractivity contribution < 1.29 is 14.5 Å². The molecule has 1 amide bonds. The number of nitrogens with zero attached hydrogens (tertiary/aromatic N) is 3. The van der Waals surface area contributed by atoms with E-state index < -0.39 is 0 Å². The summed E-state index contributed by atoms with van der Waals surface area (Å²) in [4.78, 5) is 28.5. The first-order chi connectivity index (χ1) is 16.7. The summed E-state index contributed by atoms with van der Waals surface area (Å²) in [6, 6.07) is 11.1.